The molecule has 3 rings (SSSR count). The molecule has 142 valence electrons. The highest BCUT2D eigenvalue weighted by atomic mass is 16.5. The van der Waals surface area contributed by atoms with Crippen LogP contribution in [0.2, 0.25) is 0 Å². The molecule has 0 aliphatic carbocycles. The summed E-state index contributed by atoms with van der Waals surface area (Å²) >= 11 is 0. The molecule has 0 bridgehead atoms. The van der Waals surface area contributed by atoms with E-state index >= 15 is 0 Å². The highest BCUT2D eigenvalue weighted by Gasteiger charge is 2.24. The molecule has 2 aliphatic rings. The van der Waals surface area contributed by atoms with E-state index in [0.29, 0.717) is 32.5 Å². The first kappa shape index (κ1) is 18.8. The SMILES string of the molecule is O=C1CCCCCN1CCC(=O)N(Cc1ccccn1)C[C@H]1CCCO1. The van der Waals surface area contributed by atoms with Crippen molar-refractivity contribution in [3.05, 3.63) is 30.1 Å². The first-order valence-corrected chi connectivity index (χ1v) is 9.79. The van der Waals surface area contributed by atoms with Gasteiger partial charge in [-0.1, -0.05) is 12.5 Å². The maximum atomic E-state index is 12.9. The largest absolute Gasteiger partial charge is 0.376 e. The average molecular weight is 359 g/mol. The third-order valence-electron chi connectivity index (χ3n) is 5.15. The molecule has 2 fully saturated rings. The van der Waals surface area contributed by atoms with Gasteiger partial charge in [0.25, 0.3) is 0 Å². The minimum Gasteiger partial charge on any atom is -0.376 e. The molecule has 2 amide bonds. The van der Waals surface area contributed by atoms with Gasteiger partial charge in [0.2, 0.25) is 11.8 Å². The Kier molecular flexibility index (Phi) is 7.00. The van der Waals surface area contributed by atoms with Crippen LogP contribution in [0.3, 0.4) is 0 Å². The van der Waals surface area contributed by atoms with E-state index in [9.17, 15) is 9.59 Å². The van der Waals surface area contributed by atoms with Crippen molar-refractivity contribution in [1.82, 2.24) is 14.8 Å². The maximum absolute atomic E-state index is 12.9. The summed E-state index contributed by atoms with van der Waals surface area (Å²) < 4.78 is 5.72. The summed E-state index contributed by atoms with van der Waals surface area (Å²) in [6, 6.07) is 5.75. The van der Waals surface area contributed by atoms with Gasteiger partial charge in [-0.05, 0) is 37.8 Å². The molecule has 3 heterocycles. The molecule has 2 aliphatic heterocycles. The molecule has 6 heteroatoms. The van der Waals surface area contributed by atoms with Gasteiger partial charge >= 0.3 is 0 Å². The predicted octanol–water partition coefficient (Wildman–Crippen LogP) is 2.38. The molecule has 6 nitrogen and oxygen atoms in total. The Morgan fingerprint density at radius 2 is 2.19 bits per heavy atom. The van der Waals surface area contributed by atoms with E-state index in [4.69, 9.17) is 4.74 Å². The van der Waals surface area contributed by atoms with Crippen LogP contribution in [0.15, 0.2) is 24.4 Å². The van der Waals surface area contributed by atoms with Crippen LogP contribution in [0.4, 0.5) is 0 Å². The molecule has 0 unspecified atom stereocenters. The van der Waals surface area contributed by atoms with Gasteiger partial charge in [0, 0.05) is 45.3 Å². The van der Waals surface area contributed by atoms with Gasteiger partial charge in [-0.15, -0.1) is 0 Å². The number of carbonyl (C=O) groups excluding carboxylic acids is 2. The Morgan fingerprint density at radius 3 is 2.96 bits per heavy atom. The highest BCUT2D eigenvalue weighted by Crippen LogP contribution is 2.16. The van der Waals surface area contributed by atoms with Gasteiger partial charge in [-0.3, -0.25) is 14.6 Å². The fourth-order valence-corrected chi connectivity index (χ4v) is 3.64. The topological polar surface area (TPSA) is 62.7 Å². The molecule has 2 saturated heterocycles. The summed E-state index contributed by atoms with van der Waals surface area (Å²) in [4.78, 5) is 33.1. The molecule has 0 aromatic carbocycles. The smallest absolute Gasteiger partial charge is 0.224 e. The summed E-state index contributed by atoms with van der Waals surface area (Å²) in [7, 11) is 0. The predicted molar refractivity (Wildman–Crippen MR) is 98.3 cm³/mol. The number of ether oxygens (including phenoxy) is 1. The molecular weight excluding hydrogens is 330 g/mol. The van der Waals surface area contributed by atoms with Gasteiger partial charge in [0.05, 0.1) is 18.3 Å². The van der Waals surface area contributed by atoms with Crippen molar-refractivity contribution in [3.8, 4) is 0 Å². The van der Waals surface area contributed by atoms with Crippen LogP contribution in [-0.4, -0.2) is 58.9 Å². The van der Waals surface area contributed by atoms with Crippen LogP contribution >= 0.6 is 0 Å². The Balaban J connectivity index is 1.58. The van der Waals surface area contributed by atoms with Crippen LogP contribution in [0.25, 0.3) is 0 Å². The number of amides is 2. The van der Waals surface area contributed by atoms with E-state index in [0.717, 1.165) is 50.9 Å². The van der Waals surface area contributed by atoms with E-state index in [1.807, 2.05) is 28.0 Å². The highest BCUT2D eigenvalue weighted by molar-refractivity contribution is 5.79. The molecule has 0 spiro atoms. The molecule has 0 saturated carbocycles. The molecule has 1 aromatic heterocycles. The van der Waals surface area contributed by atoms with Gasteiger partial charge in [0.1, 0.15) is 0 Å². The number of carbonyl (C=O) groups is 2. The van der Waals surface area contributed by atoms with Crippen molar-refractivity contribution in [1.29, 1.82) is 0 Å². The summed E-state index contributed by atoms with van der Waals surface area (Å²) in [5.74, 6) is 0.258. The van der Waals surface area contributed by atoms with E-state index in [1.54, 1.807) is 6.20 Å². The second kappa shape index (κ2) is 9.67. The lowest BCUT2D eigenvalue weighted by Crippen LogP contribution is -2.40. The van der Waals surface area contributed by atoms with Crippen LogP contribution in [-0.2, 0) is 20.9 Å². The molecule has 0 N–H and O–H groups in total. The molecule has 1 aromatic rings. The Bertz CT molecular complexity index is 587. The second-order valence-electron chi connectivity index (χ2n) is 7.17. The van der Waals surface area contributed by atoms with Crippen molar-refractivity contribution < 1.29 is 14.3 Å². The molecule has 1 atom stereocenters. The zero-order valence-electron chi connectivity index (χ0n) is 15.4. The zero-order valence-corrected chi connectivity index (χ0v) is 15.4. The fourth-order valence-electron chi connectivity index (χ4n) is 3.64. The molecular formula is C20H29N3O3. The second-order valence-corrected chi connectivity index (χ2v) is 7.17. The van der Waals surface area contributed by atoms with Crippen LogP contribution in [0.5, 0.6) is 0 Å². The minimum atomic E-state index is 0.0724. The number of hydrogen-bond donors (Lipinski definition) is 0. The Hall–Kier alpha value is -1.95. The molecule has 26 heavy (non-hydrogen) atoms. The lowest BCUT2D eigenvalue weighted by atomic mass is 10.2. The van der Waals surface area contributed by atoms with Crippen molar-refractivity contribution in [2.75, 3.05) is 26.2 Å². The van der Waals surface area contributed by atoms with Gasteiger partial charge in [-0.2, -0.15) is 0 Å². The number of likely N-dealkylation sites (tertiary alicyclic amines) is 1. The van der Waals surface area contributed by atoms with E-state index in [2.05, 4.69) is 4.98 Å². The lowest BCUT2D eigenvalue weighted by Gasteiger charge is -2.27. The fraction of sp³-hybridized carbons (Fsp3) is 0.650. The van der Waals surface area contributed by atoms with E-state index in [1.165, 1.54) is 0 Å². The summed E-state index contributed by atoms with van der Waals surface area (Å²) in [6.45, 7) is 3.16. The van der Waals surface area contributed by atoms with Gasteiger partial charge < -0.3 is 14.5 Å². The first-order chi connectivity index (χ1) is 12.7. The summed E-state index contributed by atoms with van der Waals surface area (Å²) in [6.07, 6.45) is 7.99. The third-order valence-corrected chi connectivity index (χ3v) is 5.15. The van der Waals surface area contributed by atoms with Crippen molar-refractivity contribution in [3.63, 3.8) is 0 Å². The number of pyridine rings is 1. The molecule has 0 radical (unpaired) electrons. The van der Waals surface area contributed by atoms with E-state index in [-0.39, 0.29) is 17.9 Å². The quantitative estimate of drug-likeness (QED) is 0.750. The monoisotopic (exact) mass is 359 g/mol. The maximum Gasteiger partial charge on any atom is 0.224 e. The Morgan fingerprint density at radius 1 is 1.27 bits per heavy atom. The standard InChI is InChI=1S/C20H29N3O3/c24-19-9-2-1-5-12-22(19)13-10-20(25)23(16-18-8-6-14-26-18)15-17-7-3-4-11-21-17/h3-4,7,11,18H,1-2,5-6,8-10,12-16H2/t18-/m1/s1. The average Bonchev–Trinajstić information content (AvgIpc) is 3.08. The lowest BCUT2D eigenvalue weighted by molar-refractivity contribution is -0.135. The summed E-state index contributed by atoms with van der Waals surface area (Å²) in [5, 5.41) is 0. The number of nitrogens with zero attached hydrogens (tertiary/aromatic N) is 3. The van der Waals surface area contributed by atoms with Gasteiger partial charge in [0.15, 0.2) is 0 Å². The number of rotatable bonds is 7. The zero-order chi connectivity index (χ0) is 18.2. The van der Waals surface area contributed by atoms with Gasteiger partial charge in [-0.25, -0.2) is 0 Å². The Labute approximate surface area is 155 Å². The van der Waals surface area contributed by atoms with E-state index < -0.39 is 0 Å². The van der Waals surface area contributed by atoms with Crippen molar-refractivity contribution in [2.24, 2.45) is 0 Å². The minimum absolute atomic E-state index is 0.0724. The van der Waals surface area contributed by atoms with Crippen molar-refractivity contribution >= 4 is 11.8 Å². The third kappa shape index (κ3) is 5.53. The summed E-state index contributed by atoms with van der Waals surface area (Å²) in [5.41, 5.74) is 0.879. The number of aromatic nitrogens is 1. The van der Waals surface area contributed by atoms with Crippen molar-refractivity contribution in [2.45, 2.75) is 57.6 Å². The van der Waals surface area contributed by atoms with Crippen LogP contribution in [0.1, 0.15) is 50.6 Å². The number of hydrogen-bond acceptors (Lipinski definition) is 4. The normalized spacial score (nSPS) is 20.8. The first-order valence-electron chi connectivity index (χ1n) is 9.79. The van der Waals surface area contributed by atoms with Crippen LogP contribution in [0, 0.1) is 0 Å². The van der Waals surface area contributed by atoms with Crippen LogP contribution < -0.4 is 0 Å².